The Labute approximate surface area is 131 Å². The van der Waals surface area contributed by atoms with Crippen molar-refractivity contribution >= 4 is 17.5 Å². The number of hydrogen-bond donors (Lipinski definition) is 1. The van der Waals surface area contributed by atoms with Gasteiger partial charge in [0.15, 0.2) is 0 Å². The third-order valence-electron chi connectivity index (χ3n) is 5.28. The van der Waals surface area contributed by atoms with Gasteiger partial charge in [0.05, 0.1) is 5.92 Å². The van der Waals surface area contributed by atoms with E-state index in [1.165, 1.54) is 12.8 Å². The van der Waals surface area contributed by atoms with E-state index in [1.807, 2.05) is 36.1 Å². The Hall–Kier alpha value is -1.06. The van der Waals surface area contributed by atoms with Crippen LogP contribution in [0.5, 0.6) is 0 Å². The Balaban J connectivity index is 1.74. The van der Waals surface area contributed by atoms with Gasteiger partial charge in [0.25, 0.3) is 0 Å². The number of hydrogen-bond acceptors (Lipinski definition) is 2. The van der Waals surface area contributed by atoms with Crippen LogP contribution in [0.4, 0.5) is 0 Å². The van der Waals surface area contributed by atoms with Crippen molar-refractivity contribution in [3.8, 4) is 0 Å². The highest BCUT2D eigenvalue weighted by Gasteiger charge is 2.49. The van der Waals surface area contributed by atoms with Crippen molar-refractivity contribution in [2.75, 3.05) is 6.54 Å². The summed E-state index contributed by atoms with van der Waals surface area (Å²) < 4.78 is 0. The Bertz CT molecular complexity index is 531. The summed E-state index contributed by atoms with van der Waals surface area (Å²) >= 11 is 6.22. The Morgan fingerprint density at radius 3 is 2.67 bits per heavy atom. The number of rotatable bonds is 4. The molecular weight excluding hydrogens is 284 g/mol. The molecule has 0 aromatic heterocycles. The van der Waals surface area contributed by atoms with E-state index >= 15 is 0 Å². The maximum absolute atomic E-state index is 12.9. The SMILES string of the molecule is CCN(Cc1ccccc1Cl)C(=O)C1C2CCC(C2)C1N. The zero-order valence-corrected chi connectivity index (χ0v) is 13.2. The summed E-state index contributed by atoms with van der Waals surface area (Å²) in [6.45, 7) is 3.30. The molecule has 0 spiro atoms. The van der Waals surface area contributed by atoms with Gasteiger partial charge in [-0.1, -0.05) is 29.8 Å². The van der Waals surface area contributed by atoms with E-state index in [0.717, 1.165) is 17.0 Å². The molecule has 4 unspecified atom stereocenters. The number of carbonyl (C=O) groups excluding carboxylic acids is 1. The summed E-state index contributed by atoms with van der Waals surface area (Å²) in [5.74, 6) is 1.30. The van der Waals surface area contributed by atoms with Gasteiger partial charge in [-0.2, -0.15) is 0 Å². The lowest BCUT2D eigenvalue weighted by Crippen LogP contribution is -2.46. The molecule has 114 valence electrons. The van der Waals surface area contributed by atoms with Crippen molar-refractivity contribution in [2.24, 2.45) is 23.5 Å². The largest absolute Gasteiger partial charge is 0.338 e. The molecule has 2 N–H and O–H groups in total. The number of amides is 1. The van der Waals surface area contributed by atoms with E-state index in [-0.39, 0.29) is 17.9 Å². The van der Waals surface area contributed by atoms with Gasteiger partial charge in [-0.3, -0.25) is 4.79 Å². The summed E-state index contributed by atoms with van der Waals surface area (Å²) in [4.78, 5) is 14.8. The van der Waals surface area contributed by atoms with Gasteiger partial charge in [-0.05, 0) is 49.7 Å². The smallest absolute Gasteiger partial charge is 0.227 e. The minimum Gasteiger partial charge on any atom is -0.338 e. The van der Waals surface area contributed by atoms with Crippen LogP contribution >= 0.6 is 11.6 Å². The molecule has 1 aromatic carbocycles. The molecule has 2 aliphatic carbocycles. The van der Waals surface area contributed by atoms with Crippen LogP contribution < -0.4 is 5.73 Å². The van der Waals surface area contributed by atoms with Crippen molar-refractivity contribution < 1.29 is 4.79 Å². The molecule has 0 heterocycles. The van der Waals surface area contributed by atoms with Crippen LogP contribution in [0.15, 0.2) is 24.3 Å². The fourth-order valence-corrected chi connectivity index (χ4v) is 4.29. The van der Waals surface area contributed by atoms with Gasteiger partial charge < -0.3 is 10.6 Å². The van der Waals surface area contributed by atoms with Gasteiger partial charge in [-0.15, -0.1) is 0 Å². The summed E-state index contributed by atoms with van der Waals surface area (Å²) in [5.41, 5.74) is 7.31. The van der Waals surface area contributed by atoms with E-state index in [9.17, 15) is 4.79 Å². The number of fused-ring (bicyclic) bond motifs is 2. The van der Waals surface area contributed by atoms with E-state index in [0.29, 0.717) is 24.9 Å². The molecule has 0 radical (unpaired) electrons. The molecular formula is C17H23ClN2O. The molecule has 2 saturated carbocycles. The molecule has 3 rings (SSSR count). The maximum atomic E-state index is 12.9. The van der Waals surface area contributed by atoms with Gasteiger partial charge in [0, 0.05) is 24.2 Å². The molecule has 1 amide bonds. The number of halogens is 1. The molecule has 3 nitrogen and oxygen atoms in total. The van der Waals surface area contributed by atoms with Crippen LogP contribution in [-0.2, 0) is 11.3 Å². The van der Waals surface area contributed by atoms with Crippen molar-refractivity contribution in [1.29, 1.82) is 0 Å². The van der Waals surface area contributed by atoms with Gasteiger partial charge in [0.2, 0.25) is 5.91 Å². The molecule has 4 atom stereocenters. The van der Waals surface area contributed by atoms with Crippen molar-refractivity contribution in [3.63, 3.8) is 0 Å². The lowest BCUT2D eigenvalue weighted by Gasteiger charge is -2.32. The van der Waals surface area contributed by atoms with Gasteiger partial charge in [0.1, 0.15) is 0 Å². The normalized spacial score (nSPS) is 30.6. The van der Waals surface area contributed by atoms with Crippen molar-refractivity contribution in [2.45, 2.75) is 38.8 Å². The molecule has 1 aromatic rings. The van der Waals surface area contributed by atoms with Crippen molar-refractivity contribution in [1.82, 2.24) is 4.90 Å². The predicted octanol–water partition coefficient (Wildman–Crippen LogP) is 3.06. The van der Waals surface area contributed by atoms with Gasteiger partial charge >= 0.3 is 0 Å². The quantitative estimate of drug-likeness (QED) is 0.929. The zero-order chi connectivity index (χ0) is 15.0. The first-order chi connectivity index (χ1) is 10.1. The van der Waals surface area contributed by atoms with Gasteiger partial charge in [-0.25, -0.2) is 0 Å². The molecule has 4 heteroatoms. The number of nitrogens with two attached hydrogens (primary N) is 1. The van der Waals surface area contributed by atoms with E-state index in [1.54, 1.807) is 0 Å². The van der Waals surface area contributed by atoms with Crippen LogP contribution in [0.2, 0.25) is 5.02 Å². The fraction of sp³-hybridized carbons (Fsp3) is 0.588. The minimum absolute atomic E-state index is 0.0196. The zero-order valence-electron chi connectivity index (χ0n) is 12.5. The van der Waals surface area contributed by atoms with E-state index < -0.39 is 0 Å². The standard InChI is InChI=1S/C17H23ClN2O/c1-2-20(10-13-5-3-4-6-14(13)18)17(21)15-11-7-8-12(9-11)16(15)19/h3-6,11-12,15-16H,2,7-10,19H2,1H3. The first-order valence-electron chi connectivity index (χ1n) is 7.89. The molecule has 0 saturated heterocycles. The van der Waals surface area contributed by atoms with E-state index in [4.69, 9.17) is 17.3 Å². The predicted molar refractivity (Wildman–Crippen MR) is 84.8 cm³/mol. The second-order valence-corrected chi connectivity index (χ2v) is 6.79. The molecule has 2 fully saturated rings. The monoisotopic (exact) mass is 306 g/mol. The molecule has 0 aliphatic heterocycles. The highest BCUT2D eigenvalue weighted by molar-refractivity contribution is 6.31. The number of nitrogens with zero attached hydrogens (tertiary/aromatic N) is 1. The Morgan fingerprint density at radius 1 is 1.33 bits per heavy atom. The van der Waals surface area contributed by atoms with Crippen LogP contribution in [0.1, 0.15) is 31.7 Å². The van der Waals surface area contributed by atoms with E-state index in [2.05, 4.69) is 0 Å². The van der Waals surface area contributed by atoms with Crippen LogP contribution in [0, 0.1) is 17.8 Å². The maximum Gasteiger partial charge on any atom is 0.227 e. The van der Waals surface area contributed by atoms with Crippen LogP contribution in [-0.4, -0.2) is 23.4 Å². The summed E-state index contributed by atoms with van der Waals surface area (Å²) in [7, 11) is 0. The topological polar surface area (TPSA) is 46.3 Å². The highest BCUT2D eigenvalue weighted by Crippen LogP contribution is 2.48. The third-order valence-corrected chi connectivity index (χ3v) is 5.65. The summed E-state index contributed by atoms with van der Waals surface area (Å²) in [6, 6.07) is 7.78. The second-order valence-electron chi connectivity index (χ2n) is 6.38. The Kier molecular flexibility index (Phi) is 4.23. The first-order valence-corrected chi connectivity index (χ1v) is 8.27. The molecule has 2 bridgehead atoms. The Morgan fingerprint density at radius 2 is 2.05 bits per heavy atom. The highest BCUT2D eigenvalue weighted by atomic mass is 35.5. The lowest BCUT2D eigenvalue weighted by molar-refractivity contribution is -0.138. The number of carbonyl (C=O) groups is 1. The summed E-state index contributed by atoms with van der Waals surface area (Å²) in [5, 5.41) is 0.723. The second kappa shape index (κ2) is 5.98. The molecule has 2 aliphatic rings. The third kappa shape index (κ3) is 2.69. The average molecular weight is 307 g/mol. The van der Waals surface area contributed by atoms with Crippen molar-refractivity contribution in [3.05, 3.63) is 34.9 Å². The fourth-order valence-electron chi connectivity index (χ4n) is 4.09. The van der Waals surface area contributed by atoms with Crippen LogP contribution in [0.3, 0.4) is 0 Å². The summed E-state index contributed by atoms with van der Waals surface area (Å²) in [6.07, 6.45) is 3.51. The molecule has 21 heavy (non-hydrogen) atoms. The average Bonchev–Trinajstić information content (AvgIpc) is 3.06. The lowest BCUT2D eigenvalue weighted by atomic mass is 9.84. The minimum atomic E-state index is 0.0196. The number of benzene rings is 1. The van der Waals surface area contributed by atoms with Crippen LogP contribution in [0.25, 0.3) is 0 Å². The first kappa shape index (κ1) is 14.9.